The fourth-order valence-electron chi connectivity index (χ4n) is 4.09. The lowest BCUT2D eigenvalue weighted by Gasteiger charge is -2.28. The largest absolute Gasteiger partial charge is 0.334 e. The molecule has 0 saturated carbocycles. The molecule has 0 aliphatic carbocycles. The molecule has 2 aliphatic heterocycles. The third-order valence-corrected chi connectivity index (χ3v) is 10.1. The van der Waals surface area contributed by atoms with Crippen molar-refractivity contribution in [2.24, 2.45) is 0 Å². The van der Waals surface area contributed by atoms with Crippen LogP contribution in [-0.4, -0.2) is 58.4 Å². The van der Waals surface area contributed by atoms with Crippen LogP contribution < -0.4 is 0 Å². The number of nitrogens with zero attached hydrogens (tertiary/aromatic N) is 2. The summed E-state index contributed by atoms with van der Waals surface area (Å²) in [6.07, 6.45) is 2.99. The lowest BCUT2D eigenvalue weighted by atomic mass is 10.1. The number of thioether (sulfide) groups is 1. The van der Waals surface area contributed by atoms with E-state index in [-0.39, 0.29) is 35.8 Å². The second-order valence-corrected chi connectivity index (χ2v) is 13.4. The van der Waals surface area contributed by atoms with Gasteiger partial charge >= 0.3 is 0 Å². The van der Waals surface area contributed by atoms with Gasteiger partial charge in [-0.05, 0) is 48.4 Å². The quantitative estimate of drug-likeness (QED) is 0.372. The zero-order valence-corrected chi connectivity index (χ0v) is 22.1. The van der Waals surface area contributed by atoms with Crippen molar-refractivity contribution in [1.29, 1.82) is 0 Å². The Morgan fingerprint density at radius 2 is 2.03 bits per heavy atom. The number of rotatable bonds is 8. The van der Waals surface area contributed by atoms with Crippen LogP contribution >= 0.6 is 35.3 Å². The molecule has 2 amide bonds. The normalized spacial score (nSPS) is 20.9. The summed E-state index contributed by atoms with van der Waals surface area (Å²) in [6, 6.07) is 11.3. The van der Waals surface area contributed by atoms with Crippen LogP contribution in [0.4, 0.5) is 0 Å². The van der Waals surface area contributed by atoms with E-state index < -0.39 is 9.84 Å². The molecule has 2 aliphatic rings. The topological polar surface area (TPSA) is 74.8 Å². The summed E-state index contributed by atoms with van der Waals surface area (Å²) < 4.78 is 24.6. The van der Waals surface area contributed by atoms with Gasteiger partial charge in [0.2, 0.25) is 5.91 Å². The first-order valence-electron chi connectivity index (χ1n) is 11.1. The number of aryl methyl sites for hydroxylation is 1. The van der Waals surface area contributed by atoms with E-state index in [0.717, 1.165) is 16.0 Å². The smallest absolute Gasteiger partial charge is 0.266 e. The van der Waals surface area contributed by atoms with Crippen molar-refractivity contribution in [3.63, 3.8) is 0 Å². The Morgan fingerprint density at radius 3 is 2.68 bits per heavy atom. The molecule has 4 rings (SSSR count). The highest BCUT2D eigenvalue weighted by Crippen LogP contribution is 2.33. The predicted molar refractivity (Wildman–Crippen MR) is 142 cm³/mol. The number of benzene rings is 1. The fraction of sp³-hybridized carbons (Fsp3) is 0.375. The minimum absolute atomic E-state index is 0.0160. The Hall–Kier alpha value is -2.01. The molecule has 1 aromatic carbocycles. The van der Waals surface area contributed by atoms with Gasteiger partial charge in [-0.15, -0.1) is 11.3 Å². The number of hydrogen-bond acceptors (Lipinski definition) is 7. The fourth-order valence-corrected chi connectivity index (χ4v) is 8.03. The van der Waals surface area contributed by atoms with Crippen molar-refractivity contribution in [3.05, 3.63) is 62.7 Å². The van der Waals surface area contributed by atoms with E-state index in [4.69, 9.17) is 12.2 Å². The van der Waals surface area contributed by atoms with Crippen molar-refractivity contribution in [2.75, 3.05) is 18.1 Å². The van der Waals surface area contributed by atoms with Crippen molar-refractivity contribution in [3.8, 4) is 0 Å². The van der Waals surface area contributed by atoms with Crippen molar-refractivity contribution >= 4 is 67.4 Å². The highest BCUT2D eigenvalue weighted by atomic mass is 32.2. The summed E-state index contributed by atoms with van der Waals surface area (Å²) in [7, 11) is -3.11. The van der Waals surface area contributed by atoms with E-state index in [1.165, 1.54) is 11.8 Å². The molecule has 0 radical (unpaired) electrons. The molecular formula is C24H26N2O4S4. The first-order valence-corrected chi connectivity index (χ1v) is 15.0. The van der Waals surface area contributed by atoms with Gasteiger partial charge in [-0.2, -0.15) is 0 Å². The monoisotopic (exact) mass is 534 g/mol. The standard InChI is InChI=1S/C24H26N2O4S4/c1-17-9-12-32-21(17)15-26(19-10-13-34(29,30)16-19)22(27)8-5-11-25-23(28)20(33-24(25)31)14-18-6-3-2-4-7-18/h2-4,6-7,9,12,14,19H,5,8,10-11,13,15-16H2,1H3/b20-14-. The highest BCUT2D eigenvalue weighted by Gasteiger charge is 2.35. The third kappa shape index (κ3) is 5.97. The maximum atomic E-state index is 13.2. The minimum Gasteiger partial charge on any atom is -0.334 e. The van der Waals surface area contributed by atoms with Gasteiger partial charge in [0.25, 0.3) is 5.91 Å². The molecule has 6 nitrogen and oxygen atoms in total. The molecule has 34 heavy (non-hydrogen) atoms. The summed E-state index contributed by atoms with van der Waals surface area (Å²) in [6.45, 7) is 2.78. The third-order valence-electron chi connectivity index (χ3n) is 5.99. The maximum absolute atomic E-state index is 13.2. The Labute approximate surface area is 213 Å². The molecule has 0 spiro atoms. The first kappa shape index (κ1) is 25.1. The molecule has 2 saturated heterocycles. The van der Waals surface area contributed by atoms with Crippen LogP contribution in [0.1, 0.15) is 35.3 Å². The van der Waals surface area contributed by atoms with E-state index in [1.54, 1.807) is 21.1 Å². The van der Waals surface area contributed by atoms with E-state index in [1.807, 2.05) is 54.8 Å². The van der Waals surface area contributed by atoms with Crippen LogP contribution in [0.25, 0.3) is 6.08 Å². The number of hydrogen-bond donors (Lipinski definition) is 0. The minimum atomic E-state index is -3.11. The zero-order valence-electron chi connectivity index (χ0n) is 18.8. The molecule has 1 atom stereocenters. The molecule has 180 valence electrons. The molecular weight excluding hydrogens is 509 g/mol. The van der Waals surface area contributed by atoms with Gasteiger partial charge in [0.1, 0.15) is 4.32 Å². The van der Waals surface area contributed by atoms with Crippen molar-refractivity contribution < 1.29 is 18.0 Å². The number of thiophene rings is 1. The Bertz CT molecular complexity index is 1220. The van der Waals surface area contributed by atoms with Gasteiger partial charge in [-0.1, -0.05) is 54.3 Å². The lowest BCUT2D eigenvalue weighted by molar-refractivity contribution is -0.134. The van der Waals surface area contributed by atoms with E-state index in [9.17, 15) is 18.0 Å². The van der Waals surface area contributed by atoms with Gasteiger partial charge < -0.3 is 4.90 Å². The molecule has 1 aromatic heterocycles. The lowest BCUT2D eigenvalue weighted by Crippen LogP contribution is -2.41. The molecule has 2 aromatic rings. The van der Waals surface area contributed by atoms with E-state index in [0.29, 0.717) is 35.2 Å². The summed E-state index contributed by atoms with van der Waals surface area (Å²) in [4.78, 5) is 31.0. The van der Waals surface area contributed by atoms with Crippen LogP contribution in [0, 0.1) is 6.92 Å². The maximum Gasteiger partial charge on any atom is 0.266 e. The molecule has 3 heterocycles. The van der Waals surface area contributed by atoms with Crippen LogP contribution in [0.15, 0.2) is 46.7 Å². The number of thiocarbonyl (C=S) groups is 1. The molecule has 2 fully saturated rings. The van der Waals surface area contributed by atoms with Gasteiger partial charge in [0.05, 0.1) is 23.0 Å². The van der Waals surface area contributed by atoms with Gasteiger partial charge in [0.15, 0.2) is 9.84 Å². The van der Waals surface area contributed by atoms with Gasteiger partial charge in [0, 0.05) is 23.9 Å². The second kappa shape index (κ2) is 10.7. The van der Waals surface area contributed by atoms with Crippen molar-refractivity contribution in [1.82, 2.24) is 9.80 Å². The number of amides is 2. The number of sulfone groups is 1. The number of carbonyl (C=O) groups is 2. The predicted octanol–water partition coefficient (Wildman–Crippen LogP) is 4.25. The average molecular weight is 535 g/mol. The Kier molecular flexibility index (Phi) is 7.91. The van der Waals surface area contributed by atoms with Crippen LogP contribution in [0.2, 0.25) is 0 Å². The molecule has 1 unspecified atom stereocenters. The first-order chi connectivity index (χ1) is 16.2. The van der Waals surface area contributed by atoms with Crippen LogP contribution in [0.3, 0.4) is 0 Å². The van der Waals surface area contributed by atoms with Gasteiger partial charge in [-0.3, -0.25) is 14.5 Å². The second-order valence-electron chi connectivity index (χ2n) is 8.45. The summed E-state index contributed by atoms with van der Waals surface area (Å²) in [5.74, 6) is -0.0865. The summed E-state index contributed by atoms with van der Waals surface area (Å²) in [5, 5.41) is 1.98. The average Bonchev–Trinajstić information content (AvgIpc) is 3.45. The number of carbonyl (C=O) groups excluding carboxylic acids is 2. The molecule has 10 heteroatoms. The summed E-state index contributed by atoms with van der Waals surface area (Å²) >= 11 is 8.26. The Morgan fingerprint density at radius 1 is 1.26 bits per heavy atom. The van der Waals surface area contributed by atoms with Crippen LogP contribution in [0.5, 0.6) is 0 Å². The molecule has 0 N–H and O–H groups in total. The van der Waals surface area contributed by atoms with Crippen LogP contribution in [-0.2, 0) is 26.0 Å². The van der Waals surface area contributed by atoms with Crippen molar-refractivity contribution in [2.45, 2.75) is 38.8 Å². The van der Waals surface area contributed by atoms with E-state index in [2.05, 4.69) is 0 Å². The zero-order chi connectivity index (χ0) is 24.3. The van der Waals surface area contributed by atoms with Gasteiger partial charge in [-0.25, -0.2) is 8.42 Å². The molecule has 0 bridgehead atoms. The Balaban J connectivity index is 1.38. The highest BCUT2D eigenvalue weighted by molar-refractivity contribution is 8.26. The summed E-state index contributed by atoms with van der Waals surface area (Å²) in [5.41, 5.74) is 2.04. The SMILES string of the molecule is Cc1ccsc1CN(C(=O)CCCN1C(=O)/C(=C/c2ccccc2)SC1=S)C1CCS(=O)(=O)C1. The van der Waals surface area contributed by atoms with E-state index >= 15 is 0 Å².